The number of anilines is 1. The second-order valence-electron chi connectivity index (χ2n) is 3.64. The molecule has 0 saturated heterocycles. The molecule has 2 rings (SSSR count). The summed E-state index contributed by atoms with van der Waals surface area (Å²) in [5.41, 5.74) is 6.87. The molecule has 0 spiro atoms. The van der Waals surface area contributed by atoms with Crippen LogP contribution in [0.3, 0.4) is 0 Å². The Kier molecular flexibility index (Phi) is 2.82. The number of nitrogen functional groups attached to an aromatic ring is 1. The Morgan fingerprint density at radius 3 is 2.82 bits per heavy atom. The average Bonchev–Trinajstić information content (AvgIpc) is 2.33. The lowest BCUT2D eigenvalue weighted by molar-refractivity contribution is 0.414. The summed E-state index contributed by atoms with van der Waals surface area (Å²) in [6.07, 6.45) is 3.09. The van der Waals surface area contributed by atoms with Crippen molar-refractivity contribution in [1.82, 2.24) is 9.55 Å². The summed E-state index contributed by atoms with van der Waals surface area (Å²) >= 11 is 0. The minimum Gasteiger partial charge on any atom is -0.497 e. The Balaban J connectivity index is 2.61. The van der Waals surface area contributed by atoms with Crippen molar-refractivity contribution in [2.45, 2.75) is 6.92 Å². The van der Waals surface area contributed by atoms with Gasteiger partial charge in [-0.05, 0) is 30.7 Å². The van der Waals surface area contributed by atoms with Crippen molar-refractivity contribution in [3.8, 4) is 11.4 Å². The van der Waals surface area contributed by atoms with Gasteiger partial charge < -0.3 is 10.5 Å². The minimum absolute atomic E-state index is 0.0114. The Morgan fingerprint density at radius 2 is 2.18 bits per heavy atom. The van der Waals surface area contributed by atoms with Crippen LogP contribution in [-0.4, -0.2) is 16.7 Å². The largest absolute Gasteiger partial charge is 0.497 e. The molecule has 5 heteroatoms. The number of nitrogens with two attached hydrogens (primary N) is 1. The zero-order chi connectivity index (χ0) is 12.4. The SMILES string of the molecule is COc1ccc(-n2ccnc(N)c2=O)c(C)c1. The molecule has 0 radical (unpaired) electrons. The van der Waals surface area contributed by atoms with Crippen LogP contribution in [0, 0.1) is 6.92 Å². The van der Waals surface area contributed by atoms with Crippen LogP contribution in [0.2, 0.25) is 0 Å². The van der Waals surface area contributed by atoms with Crippen LogP contribution in [0.25, 0.3) is 5.69 Å². The van der Waals surface area contributed by atoms with Crippen molar-refractivity contribution in [3.63, 3.8) is 0 Å². The van der Waals surface area contributed by atoms with E-state index in [0.717, 1.165) is 17.0 Å². The lowest BCUT2D eigenvalue weighted by Gasteiger charge is -2.10. The molecule has 2 aromatic rings. The molecule has 1 heterocycles. The number of nitrogens with zero attached hydrogens (tertiary/aromatic N) is 2. The van der Waals surface area contributed by atoms with Gasteiger partial charge in [-0.1, -0.05) is 0 Å². The maximum absolute atomic E-state index is 11.8. The predicted molar refractivity (Wildman–Crippen MR) is 65.5 cm³/mol. The van der Waals surface area contributed by atoms with Gasteiger partial charge in [-0.3, -0.25) is 9.36 Å². The summed E-state index contributed by atoms with van der Waals surface area (Å²) in [6.45, 7) is 1.90. The highest BCUT2D eigenvalue weighted by Crippen LogP contribution is 2.19. The molecule has 0 saturated carbocycles. The van der Waals surface area contributed by atoms with Crippen LogP contribution >= 0.6 is 0 Å². The molecule has 88 valence electrons. The van der Waals surface area contributed by atoms with Gasteiger partial charge in [0.1, 0.15) is 5.75 Å². The smallest absolute Gasteiger partial charge is 0.297 e. The molecule has 0 amide bonds. The van der Waals surface area contributed by atoms with Crippen molar-refractivity contribution in [2.75, 3.05) is 12.8 Å². The highest BCUT2D eigenvalue weighted by molar-refractivity contribution is 5.46. The number of hydrogen-bond donors (Lipinski definition) is 1. The van der Waals surface area contributed by atoms with E-state index in [-0.39, 0.29) is 11.4 Å². The summed E-state index contributed by atoms with van der Waals surface area (Å²) in [4.78, 5) is 15.6. The summed E-state index contributed by atoms with van der Waals surface area (Å²) in [5.74, 6) is 0.740. The monoisotopic (exact) mass is 231 g/mol. The van der Waals surface area contributed by atoms with Crippen molar-refractivity contribution < 1.29 is 4.74 Å². The molecule has 0 aliphatic carbocycles. The molecular weight excluding hydrogens is 218 g/mol. The molecular formula is C12H13N3O2. The Morgan fingerprint density at radius 1 is 1.41 bits per heavy atom. The number of methoxy groups -OCH3 is 1. The van der Waals surface area contributed by atoms with Crippen LogP contribution in [0.15, 0.2) is 35.4 Å². The molecule has 0 bridgehead atoms. The highest BCUT2D eigenvalue weighted by atomic mass is 16.5. The van der Waals surface area contributed by atoms with Gasteiger partial charge in [-0.15, -0.1) is 0 Å². The van der Waals surface area contributed by atoms with Gasteiger partial charge in [0.05, 0.1) is 12.8 Å². The summed E-state index contributed by atoms with van der Waals surface area (Å²) in [6, 6.07) is 5.47. The summed E-state index contributed by atoms with van der Waals surface area (Å²) in [5, 5.41) is 0. The lowest BCUT2D eigenvalue weighted by Crippen LogP contribution is -2.22. The summed E-state index contributed by atoms with van der Waals surface area (Å²) < 4.78 is 6.58. The van der Waals surface area contributed by atoms with Gasteiger partial charge in [-0.2, -0.15) is 0 Å². The fourth-order valence-electron chi connectivity index (χ4n) is 1.64. The first-order valence-corrected chi connectivity index (χ1v) is 5.11. The van der Waals surface area contributed by atoms with Gasteiger partial charge in [0.15, 0.2) is 5.82 Å². The lowest BCUT2D eigenvalue weighted by atomic mass is 10.2. The quantitative estimate of drug-likeness (QED) is 0.841. The van der Waals surface area contributed by atoms with Crippen LogP contribution in [-0.2, 0) is 0 Å². The number of hydrogen-bond acceptors (Lipinski definition) is 4. The van der Waals surface area contributed by atoms with E-state index in [0.29, 0.717) is 0 Å². The van der Waals surface area contributed by atoms with Gasteiger partial charge >= 0.3 is 0 Å². The Hall–Kier alpha value is -2.30. The maximum atomic E-state index is 11.8. The third kappa shape index (κ3) is 1.99. The Bertz CT molecular complexity index is 605. The predicted octanol–water partition coefficient (Wildman–Crippen LogP) is 1.13. The van der Waals surface area contributed by atoms with E-state index in [1.807, 2.05) is 19.1 Å². The molecule has 0 aliphatic rings. The standard InChI is InChI=1S/C12H13N3O2/c1-8-7-9(17-2)3-4-10(8)15-6-5-14-11(13)12(15)16/h3-7H,1-2H3,(H2,13,14). The van der Waals surface area contributed by atoms with Crippen LogP contribution in [0.4, 0.5) is 5.82 Å². The van der Waals surface area contributed by atoms with E-state index < -0.39 is 0 Å². The Labute approximate surface area is 98.5 Å². The first-order chi connectivity index (χ1) is 8.13. The number of rotatable bonds is 2. The minimum atomic E-state index is -0.319. The molecule has 0 fully saturated rings. The normalized spacial score (nSPS) is 10.2. The molecule has 5 nitrogen and oxygen atoms in total. The van der Waals surface area contributed by atoms with Crippen LogP contribution in [0.1, 0.15) is 5.56 Å². The highest BCUT2D eigenvalue weighted by Gasteiger charge is 2.06. The molecule has 2 N–H and O–H groups in total. The second-order valence-corrected chi connectivity index (χ2v) is 3.64. The second kappa shape index (κ2) is 4.29. The van der Waals surface area contributed by atoms with E-state index in [9.17, 15) is 4.79 Å². The third-order valence-electron chi connectivity index (χ3n) is 2.53. The number of benzene rings is 1. The zero-order valence-electron chi connectivity index (χ0n) is 9.68. The molecule has 1 aromatic heterocycles. The molecule has 1 aromatic carbocycles. The number of ether oxygens (including phenoxy) is 1. The van der Waals surface area contributed by atoms with Crippen molar-refractivity contribution >= 4 is 5.82 Å². The van der Waals surface area contributed by atoms with E-state index >= 15 is 0 Å². The maximum Gasteiger partial charge on any atom is 0.297 e. The molecule has 0 aliphatic heterocycles. The van der Waals surface area contributed by atoms with E-state index in [1.54, 1.807) is 19.4 Å². The number of aromatic nitrogens is 2. The van der Waals surface area contributed by atoms with E-state index in [1.165, 1.54) is 10.8 Å². The molecule has 0 unspecified atom stereocenters. The van der Waals surface area contributed by atoms with Crippen molar-refractivity contribution in [1.29, 1.82) is 0 Å². The van der Waals surface area contributed by atoms with E-state index in [2.05, 4.69) is 4.98 Å². The molecule has 17 heavy (non-hydrogen) atoms. The van der Waals surface area contributed by atoms with Gasteiger partial charge in [0, 0.05) is 12.4 Å². The van der Waals surface area contributed by atoms with E-state index in [4.69, 9.17) is 10.5 Å². The van der Waals surface area contributed by atoms with Gasteiger partial charge in [0.2, 0.25) is 0 Å². The zero-order valence-corrected chi connectivity index (χ0v) is 9.68. The fourth-order valence-corrected chi connectivity index (χ4v) is 1.64. The molecule has 0 atom stereocenters. The first kappa shape index (κ1) is 11.2. The van der Waals surface area contributed by atoms with Crippen molar-refractivity contribution in [2.24, 2.45) is 0 Å². The van der Waals surface area contributed by atoms with Crippen molar-refractivity contribution in [3.05, 3.63) is 46.5 Å². The topological polar surface area (TPSA) is 70.1 Å². The van der Waals surface area contributed by atoms with Gasteiger partial charge in [0.25, 0.3) is 5.56 Å². The number of aryl methyl sites for hydroxylation is 1. The van der Waals surface area contributed by atoms with Gasteiger partial charge in [-0.25, -0.2) is 4.98 Å². The van der Waals surface area contributed by atoms with Crippen LogP contribution in [0.5, 0.6) is 5.75 Å². The summed E-state index contributed by atoms with van der Waals surface area (Å²) in [7, 11) is 1.60. The first-order valence-electron chi connectivity index (χ1n) is 5.11. The van der Waals surface area contributed by atoms with Crippen LogP contribution < -0.4 is 16.0 Å². The third-order valence-corrected chi connectivity index (χ3v) is 2.53. The average molecular weight is 231 g/mol. The fraction of sp³-hybridized carbons (Fsp3) is 0.167.